The van der Waals surface area contributed by atoms with Crippen LogP contribution in [-0.2, 0) is 11.2 Å². The fraction of sp³-hybridized carbons (Fsp3) is 0.588. The Morgan fingerprint density at radius 1 is 1.41 bits per heavy atom. The van der Waals surface area contributed by atoms with Crippen LogP contribution in [0.1, 0.15) is 33.3 Å². The third-order valence-electron chi connectivity index (χ3n) is 3.78. The van der Waals surface area contributed by atoms with E-state index in [1.807, 2.05) is 27.7 Å². The van der Waals surface area contributed by atoms with Crippen molar-refractivity contribution < 1.29 is 14.6 Å². The zero-order valence-corrected chi connectivity index (χ0v) is 14.7. The van der Waals surface area contributed by atoms with Crippen LogP contribution >= 0.6 is 11.6 Å². The Balaban J connectivity index is 2.60. The second-order valence-corrected chi connectivity index (χ2v) is 7.00. The Morgan fingerprint density at radius 3 is 2.55 bits per heavy atom. The van der Waals surface area contributed by atoms with Crippen LogP contribution in [0.25, 0.3) is 0 Å². The fourth-order valence-corrected chi connectivity index (χ4v) is 2.60. The van der Waals surface area contributed by atoms with E-state index in [0.717, 1.165) is 5.56 Å². The van der Waals surface area contributed by atoms with Gasteiger partial charge in [0.05, 0.1) is 19.6 Å². The average Bonchev–Trinajstić information content (AvgIpc) is 2.46. The third-order valence-corrected chi connectivity index (χ3v) is 4.14. The number of rotatable bonds is 7. The first kappa shape index (κ1) is 18.8. The summed E-state index contributed by atoms with van der Waals surface area (Å²) in [7, 11) is 1.57. The van der Waals surface area contributed by atoms with Crippen LogP contribution in [0.3, 0.4) is 0 Å². The second kappa shape index (κ2) is 7.84. The topological polar surface area (TPSA) is 58.6 Å². The molecule has 22 heavy (non-hydrogen) atoms. The number of benzene rings is 1. The second-order valence-electron chi connectivity index (χ2n) is 6.59. The largest absolute Gasteiger partial charge is 0.497 e. The number of aliphatic hydroxyl groups excluding tert-OH is 1. The number of aliphatic hydroxyl groups is 1. The molecule has 0 saturated heterocycles. The summed E-state index contributed by atoms with van der Waals surface area (Å²) in [5, 5.41) is 13.6. The zero-order valence-electron chi connectivity index (χ0n) is 13.9. The number of carbonyl (C=O) groups excluding carboxylic acids is 1. The summed E-state index contributed by atoms with van der Waals surface area (Å²) in [6.45, 7) is 8.23. The third kappa shape index (κ3) is 5.18. The Labute approximate surface area is 137 Å². The van der Waals surface area contributed by atoms with Crippen molar-refractivity contribution >= 4 is 17.5 Å². The fourth-order valence-electron chi connectivity index (χ4n) is 2.37. The predicted molar refractivity (Wildman–Crippen MR) is 89.3 cm³/mol. The van der Waals surface area contributed by atoms with Crippen LogP contribution < -0.4 is 10.1 Å². The first-order valence-electron chi connectivity index (χ1n) is 7.44. The van der Waals surface area contributed by atoms with E-state index in [2.05, 4.69) is 5.32 Å². The first-order valence-corrected chi connectivity index (χ1v) is 7.82. The van der Waals surface area contributed by atoms with Crippen LogP contribution in [-0.4, -0.2) is 30.8 Å². The van der Waals surface area contributed by atoms with Crippen molar-refractivity contribution in [1.29, 1.82) is 0 Å². The van der Waals surface area contributed by atoms with E-state index in [4.69, 9.17) is 16.3 Å². The molecule has 1 atom stereocenters. The molecule has 0 aliphatic carbocycles. The normalized spacial score (nSPS) is 13.1. The van der Waals surface area contributed by atoms with Gasteiger partial charge in [-0.3, -0.25) is 4.79 Å². The number of hydrogen-bond donors (Lipinski definition) is 2. The molecule has 1 aromatic rings. The monoisotopic (exact) mass is 327 g/mol. The van der Waals surface area contributed by atoms with Gasteiger partial charge in [-0.15, -0.1) is 0 Å². The minimum Gasteiger partial charge on any atom is -0.497 e. The van der Waals surface area contributed by atoms with Gasteiger partial charge in [0.15, 0.2) is 0 Å². The van der Waals surface area contributed by atoms with Crippen molar-refractivity contribution in [3.05, 3.63) is 28.8 Å². The molecule has 1 aromatic carbocycles. The van der Waals surface area contributed by atoms with Gasteiger partial charge >= 0.3 is 0 Å². The van der Waals surface area contributed by atoms with Gasteiger partial charge in [0.2, 0.25) is 5.91 Å². The molecule has 0 aromatic heterocycles. The Bertz CT molecular complexity index is 515. The highest BCUT2D eigenvalue weighted by Crippen LogP contribution is 2.25. The summed E-state index contributed by atoms with van der Waals surface area (Å²) >= 11 is 6.13. The minimum atomic E-state index is -0.475. The van der Waals surface area contributed by atoms with Crippen LogP contribution in [0.4, 0.5) is 0 Å². The highest BCUT2D eigenvalue weighted by molar-refractivity contribution is 6.31. The van der Waals surface area contributed by atoms with E-state index >= 15 is 0 Å². The molecule has 0 heterocycles. The maximum absolute atomic E-state index is 12.1. The van der Waals surface area contributed by atoms with Gasteiger partial charge in [0.25, 0.3) is 0 Å². The molecular weight excluding hydrogens is 302 g/mol. The van der Waals surface area contributed by atoms with Gasteiger partial charge in [-0.2, -0.15) is 0 Å². The standard InChI is InChI=1S/C17H26ClNO3/c1-11(2)16(21)17(3,4)10-19-15(20)8-12-6-7-13(22-5)9-14(12)18/h6-7,9,11,16,21H,8,10H2,1-5H3,(H,19,20). The lowest BCUT2D eigenvalue weighted by molar-refractivity contribution is -0.121. The molecule has 4 nitrogen and oxygen atoms in total. The number of ether oxygens (including phenoxy) is 1. The van der Waals surface area contributed by atoms with E-state index in [9.17, 15) is 9.90 Å². The van der Waals surface area contributed by atoms with Crippen molar-refractivity contribution in [2.75, 3.05) is 13.7 Å². The summed E-state index contributed by atoms with van der Waals surface area (Å²) in [4.78, 5) is 12.1. The van der Waals surface area contributed by atoms with Crippen molar-refractivity contribution in [1.82, 2.24) is 5.32 Å². The molecule has 0 aliphatic heterocycles. The summed E-state index contributed by atoms with van der Waals surface area (Å²) in [6, 6.07) is 5.26. The summed E-state index contributed by atoms with van der Waals surface area (Å²) in [5.41, 5.74) is 0.371. The molecule has 0 saturated carbocycles. The van der Waals surface area contributed by atoms with Crippen LogP contribution in [0.15, 0.2) is 18.2 Å². The SMILES string of the molecule is COc1ccc(CC(=O)NCC(C)(C)C(O)C(C)C)c(Cl)c1. The van der Waals surface area contributed by atoms with E-state index in [-0.39, 0.29) is 23.7 Å². The Kier molecular flexibility index (Phi) is 6.69. The lowest BCUT2D eigenvalue weighted by atomic mass is 9.80. The van der Waals surface area contributed by atoms with Gasteiger partial charge in [-0.1, -0.05) is 45.4 Å². The van der Waals surface area contributed by atoms with E-state index in [1.165, 1.54) is 0 Å². The van der Waals surface area contributed by atoms with E-state index < -0.39 is 6.10 Å². The van der Waals surface area contributed by atoms with Gasteiger partial charge in [0.1, 0.15) is 5.75 Å². The summed E-state index contributed by atoms with van der Waals surface area (Å²) < 4.78 is 5.08. The Morgan fingerprint density at radius 2 is 2.05 bits per heavy atom. The van der Waals surface area contributed by atoms with Crippen molar-refractivity contribution in [2.45, 2.75) is 40.2 Å². The first-order chi connectivity index (χ1) is 10.2. The molecule has 0 spiro atoms. The smallest absolute Gasteiger partial charge is 0.224 e. The lowest BCUT2D eigenvalue weighted by Gasteiger charge is -2.33. The Hall–Kier alpha value is -1.26. The lowest BCUT2D eigenvalue weighted by Crippen LogP contribution is -2.43. The molecule has 1 amide bonds. The summed E-state index contributed by atoms with van der Waals surface area (Å²) in [6.07, 6.45) is -0.270. The minimum absolute atomic E-state index is 0.115. The molecule has 0 aliphatic rings. The molecule has 0 radical (unpaired) electrons. The van der Waals surface area contributed by atoms with E-state index in [1.54, 1.807) is 25.3 Å². The quantitative estimate of drug-likeness (QED) is 0.809. The maximum atomic E-state index is 12.1. The van der Waals surface area contributed by atoms with Crippen LogP contribution in [0.5, 0.6) is 5.75 Å². The molecular formula is C17H26ClNO3. The summed E-state index contributed by atoms with van der Waals surface area (Å²) in [5.74, 6) is 0.689. The van der Waals surface area contributed by atoms with Gasteiger partial charge in [-0.25, -0.2) is 0 Å². The number of hydrogen-bond acceptors (Lipinski definition) is 3. The number of methoxy groups -OCH3 is 1. The van der Waals surface area contributed by atoms with Crippen molar-refractivity contribution in [2.24, 2.45) is 11.3 Å². The van der Waals surface area contributed by atoms with Crippen molar-refractivity contribution in [3.63, 3.8) is 0 Å². The zero-order chi connectivity index (χ0) is 16.9. The predicted octanol–water partition coefficient (Wildman–Crippen LogP) is 3.05. The van der Waals surface area contributed by atoms with E-state index in [0.29, 0.717) is 17.3 Å². The molecule has 1 unspecified atom stereocenters. The molecule has 5 heteroatoms. The van der Waals surface area contributed by atoms with Gasteiger partial charge in [0, 0.05) is 17.0 Å². The highest BCUT2D eigenvalue weighted by atomic mass is 35.5. The maximum Gasteiger partial charge on any atom is 0.224 e. The average molecular weight is 328 g/mol. The number of carbonyl (C=O) groups is 1. The van der Waals surface area contributed by atoms with Crippen LogP contribution in [0.2, 0.25) is 5.02 Å². The molecule has 2 N–H and O–H groups in total. The highest BCUT2D eigenvalue weighted by Gasteiger charge is 2.30. The number of nitrogens with one attached hydrogen (secondary N) is 1. The van der Waals surface area contributed by atoms with Crippen LogP contribution in [0, 0.1) is 11.3 Å². The number of amides is 1. The van der Waals surface area contributed by atoms with Crippen molar-refractivity contribution in [3.8, 4) is 5.75 Å². The van der Waals surface area contributed by atoms with Gasteiger partial charge < -0.3 is 15.2 Å². The molecule has 1 rings (SSSR count). The molecule has 0 fully saturated rings. The molecule has 124 valence electrons. The molecule has 0 bridgehead atoms. The van der Waals surface area contributed by atoms with Gasteiger partial charge in [-0.05, 0) is 23.6 Å². The number of halogens is 1.